The Labute approximate surface area is 156 Å². The molecule has 2 rings (SSSR count). The zero-order valence-electron chi connectivity index (χ0n) is 12.4. The van der Waals surface area contributed by atoms with Crippen LogP contribution in [0, 0.1) is 23.8 Å². The lowest BCUT2D eigenvalue weighted by Gasteiger charge is -2.22. The third kappa shape index (κ3) is 3.89. The van der Waals surface area contributed by atoms with Crippen molar-refractivity contribution >= 4 is 51.8 Å². The van der Waals surface area contributed by atoms with Gasteiger partial charge in [0.1, 0.15) is 5.69 Å². The van der Waals surface area contributed by atoms with Crippen LogP contribution in [0.4, 0.5) is 35.9 Å². The third-order valence-electron chi connectivity index (χ3n) is 3.22. The van der Waals surface area contributed by atoms with Crippen molar-refractivity contribution in [3.63, 3.8) is 0 Å². The maximum absolute atomic E-state index is 13.4. The van der Waals surface area contributed by atoms with Crippen LogP contribution in [-0.2, 0) is 11.0 Å². The van der Waals surface area contributed by atoms with E-state index in [0.717, 1.165) is 0 Å². The van der Waals surface area contributed by atoms with Gasteiger partial charge in [0, 0.05) is 15.3 Å². The molecule has 0 spiro atoms. The van der Waals surface area contributed by atoms with Gasteiger partial charge in [-0.3, -0.25) is 29.9 Å². The predicted molar refractivity (Wildman–Crippen MR) is 92.1 cm³/mol. The van der Waals surface area contributed by atoms with Gasteiger partial charge in [-0.25, -0.2) is 0 Å². The first-order valence-corrected chi connectivity index (χ1v) is 7.68. The Morgan fingerprint density at radius 3 is 2.19 bits per heavy atom. The molecule has 2 aromatic rings. The molecule has 0 aliphatic heterocycles. The molecular weight excluding hydrogens is 474 g/mol. The molecule has 0 heterocycles. The number of carbonyl (C=O) groups excluding carboxylic acids is 1. The minimum Gasteiger partial charge on any atom is -0.278 e. The summed E-state index contributed by atoms with van der Waals surface area (Å²) >= 11 is 1.85. The molecule has 136 valence electrons. The summed E-state index contributed by atoms with van der Waals surface area (Å²) < 4.78 is 40.9. The van der Waals surface area contributed by atoms with E-state index in [1.807, 2.05) is 22.6 Å². The topological polar surface area (TPSA) is 107 Å². The Bertz CT molecular complexity index is 904. The number of halogens is 4. The van der Waals surface area contributed by atoms with Crippen molar-refractivity contribution in [1.29, 1.82) is 0 Å². The second-order valence-electron chi connectivity index (χ2n) is 4.83. The van der Waals surface area contributed by atoms with Crippen LogP contribution in [0.3, 0.4) is 0 Å². The molecule has 0 aliphatic carbocycles. The van der Waals surface area contributed by atoms with Gasteiger partial charge in [0.2, 0.25) is 6.41 Å². The van der Waals surface area contributed by atoms with Crippen molar-refractivity contribution < 1.29 is 27.8 Å². The van der Waals surface area contributed by atoms with Crippen LogP contribution in [0.2, 0.25) is 0 Å². The standard InChI is InChI=1S/C14H7F3IN3O5/c15-14(16,17)11-5-10(20(23)24)6-12(21(25)26)13(11)19(7-22)9-3-1-2-8(18)4-9/h1-7H. The van der Waals surface area contributed by atoms with Gasteiger partial charge in [0.25, 0.3) is 5.69 Å². The highest BCUT2D eigenvalue weighted by molar-refractivity contribution is 14.1. The van der Waals surface area contributed by atoms with Crippen molar-refractivity contribution in [1.82, 2.24) is 0 Å². The molecule has 0 saturated heterocycles. The van der Waals surface area contributed by atoms with Gasteiger partial charge < -0.3 is 0 Å². The Morgan fingerprint density at radius 1 is 1.08 bits per heavy atom. The summed E-state index contributed by atoms with van der Waals surface area (Å²) in [6.07, 6.45) is -5.19. The van der Waals surface area contributed by atoms with E-state index in [-0.39, 0.29) is 18.2 Å². The molecular formula is C14H7F3IN3O5. The molecule has 0 aliphatic rings. The first-order valence-electron chi connectivity index (χ1n) is 6.60. The van der Waals surface area contributed by atoms with Gasteiger partial charge in [-0.1, -0.05) is 6.07 Å². The summed E-state index contributed by atoms with van der Waals surface area (Å²) in [5.74, 6) is 0. The molecule has 0 bridgehead atoms. The first-order chi connectivity index (χ1) is 12.1. The number of nitro benzene ring substituents is 2. The normalized spacial score (nSPS) is 11.1. The number of nitrogens with zero attached hydrogens (tertiary/aromatic N) is 3. The summed E-state index contributed by atoms with van der Waals surface area (Å²) in [6, 6.07) is 6.20. The number of non-ortho nitro benzene ring substituents is 1. The maximum atomic E-state index is 13.4. The second-order valence-corrected chi connectivity index (χ2v) is 6.07. The van der Waals surface area contributed by atoms with E-state index in [2.05, 4.69) is 0 Å². The highest BCUT2D eigenvalue weighted by atomic mass is 127. The number of carbonyl (C=O) groups is 1. The fraction of sp³-hybridized carbons (Fsp3) is 0.0714. The van der Waals surface area contributed by atoms with Crippen molar-refractivity contribution in [3.8, 4) is 0 Å². The lowest BCUT2D eigenvalue weighted by molar-refractivity contribution is -0.394. The molecule has 12 heteroatoms. The molecule has 0 fully saturated rings. The minimum atomic E-state index is -5.17. The smallest absolute Gasteiger partial charge is 0.278 e. The van der Waals surface area contributed by atoms with Crippen LogP contribution in [0.5, 0.6) is 0 Å². The Morgan fingerprint density at radius 2 is 1.73 bits per heavy atom. The lowest BCUT2D eigenvalue weighted by atomic mass is 10.1. The maximum Gasteiger partial charge on any atom is 0.418 e. The third-order valence-corrected chi connectivity index (χ3v) is 3.89. The number of hydrogen-bond donors (Lipinski definition) is 0. The summed E-state index contributed by atoms with van der Waals surface area (Å²) in [4.78, 5) is 31.7. The summed E-state index contributed by atoms with van der Waals surface area (Å²) in [5.41, 5.74) is -5.14. The molecule has 8 nitrogen and oxygen atoms in total. The molecule has 0 radical (unpaired) electrons. The van der Waals surface area contributed by atoms with E-state index < -0.39 is 38.6 Å². The number of hydrogen-bond acceptors (Lipinski definition) is 5. The number of amides is 1. The Hall–Kier alpha value is -2.77. The quantitative estimate of drug-likeness (QED) is 0.272. The van der Waals surface area contributed by atoms with Crippen LogP contribution >= 0.6 is 22.6 Å². The van der Waals surface area contributed by atoms with E-state index in [1.165, 1.54) is 18.2 Å². The molecule has 1 amide bonds. The Balaban J connectivity index is 2.89. The van der Waals surface area contributed by atoms with Crippen molar-refractivity contribution in [2.24, 2.45) is 0 Å². The molecule has 0 N–H and O–H groups in total. The van der Waals surface area contributed by atoms with Crippen LogP contribution in [-0.4, -0.2) is 16.3 Å². The molecule has 0 unspecified atom stereocenters. The number of nitro groups is 2. The SMILES string of the molecule is O=CN(c1cccc(I)c1)c1c([N+](=O)[O-])cc([N+](=O)[O-])cc1C(F)(F)F. The summed E-state index contributed by atoms with van der Waals surface area (Å²) in [6.45, 7) is 0. The van der Waals surface area contributed by atoms with Gasteiger partial charge in [-0.2, -0.15) is 13.2 Å². The van der Waals surface area contributed by atoms with Crippen LogP contribution < -0.4 is 4.90 Å². The molecule has 26 heavy (non-hydrogen) atoms. The van der Waals surface area contributed by atoms with E-state index in [0.29, 0.717) is 14.5 Å². The van der Waals surface area contributed by atoms with Gasteiger partial charge >= 0.3 is 11.9 Å². The zero-order chi connectivity index (χ0) is 19.6. The van der Waals surface area contributed by atoms with Gasteiger partial charge in [-0.15, -0.1) is 0 Å². The molecule has 0 aromatic heterocycles. The number of rotatable bonds is 5. The predicted octanol–water partition coefficient (Wildman–Crippen LogP) is 4.42. The van der Waals surface area contributed by atoms with E-state index in [4.69, 9.17) is 0 Å². The monoisotopic (exact) mass is 481 g/mol. The van der Waals surface area contributed by atoms with Crippen LogP contribution in [0.15, 0.2) is 36.4 Å². The summed E-state index contributed by atoms with van der Waals surface area (Å²) in [7, 11) is 0. The van der Waals surface area contributed by atoms with Crippen molar-refractivity contribution in [2.45, 2.75) is 6.18 Å². The van der Waals surface area contributed by atoms with Crippen LogP contribution in [0.25, 0.3) is 0 Å². The Kier molecular flexibility index (Phi) is 5.44. The average Bonchev–Trinajstić information content (AvgIpc) is 2.54. The lowest BCUT2D eigenvalue weighted by Crippen LogP contribution is -2.21. The van der Waals surface area contributed by atoms with E-state index >= 15 is 0 Å². The van der Waals surface area contributed by atoms with Crippen molar-refractivity contribution in [3.05, 3.63) is 65.8 Å². The second kappa shape index (κ2) is 7.23. The van der Waals surface area contributed by atoms with E-state index in [9.17, 15) is 38.2 Å². The van der Waals surface area contributed by atoms with Gasteiger partial charge in [-0.05, 0) is 40.8 Å². The van der Waals surface area contributed by atoms with Crippen molar-refractivity contribution in [2.75, 3.05) is 4.90 Å². The zero-order valence-corrected chi connectivity index (χ0v) is 14.6. The molecule has 0 saturated carbocycles. The highest BCUT2D eigenvalue weighted by Gasteiger charge is 2.41. The minimum absolute atomic E-state index is 0.0190. The largest absolute Gasteiger partial charge is 0.418 e. The fourth-order valence-corrected chi connectivity index (χ4v) is 2.71. The number of benzene rings is 2. The average molecular weight is 481 g/mol. The number of anilines is 2. The van der Waals surface area contributed by atoms with Gasteiger partial charge in [0.15, 0.2) is 0 Å². The highest BCUT2D eigenvalue weighted by Crippen LogP contribution is 2.46. The molecule has 2 aromatic carbocycles. The fourth-order valence-electron chi connectivity index (χ4n) is 2.19. The molecule has 0 atom stereocenters. The summed E-state index contributed by atoms with van der Waals surface area (Å²) in [5, 5.41) is 22.1. The van der Waals surface area contributed by atoms with Gasteiger partial charge in [0.05, 0.1) is 21.5 Å². The number of alkyl halides is 3. The first kappa shape index (κ1) is 19.6. The van der Waals surface area contributed by atoms with Crippen LogP contribution in [0.1, 0.15) is 5.56 Å². The van der Waals surface area contributed by atoms with E-state index in [1.54, 1.807) is 6.07 Å².